The lowest BCUT2D eigenvalue weighted by molar-refractivity contribution is -0.384. The highest BCUT2D eigenvalue weighted by Crippen LogP contribution is 2.35. The standard InChI is InChI=1S/C9H9Cl2N3O2/c10-7-1-6(14(15)16)2-8(11)9(7)13-5-3-12-4-5/h1-2,5,12-13H,3-4H2. The van der Waals surface area contributed by atoms with Crippen molar-refractivity contribution in [3.63, 3.8) is 0 Å². The van der Waals surface area contributed by atoms with E-state index in [1.807, 2.05) is 0 Å². The molecule has 0 radical (unpaired) electrons. The number of benzene rings is 1. The summed E-state index contributed by atoms with van der Waals surface area (Å²) in [6.45, 7) is 1.67. The van der Waals surface area contributed by atoms with Crippen LogP contribution in [-0.2, 0) is 0 Å². The number of non-ortho nitro benzene ring substituents is 1. The minimum absolute atomic E-state index is 0.104. The van der Waals surface area contributed by atoms with Crippen LogP contribution in [0.3, 0.4) is 0 Å². The molecule has 16 heavy (non-hydrogen) atoms. The molecule has 2 rings (SSSR count). The number of hydrogen-bond donors (Lipinski definition) is 2. The Kier molecular flexibility index (Phi) is 3.18. The molecule has 0 spiro atoms. The van der Waals surface area contributed by atoms with E-state index >= 15 is 0 Å². The van der Waals surface area contributed by atoms with Gasteiger partial charge in [-0.3, -0.25) is 10.1 Å². The molecule has 1 aromatic rings. The fourth-order valence-corrected chi connectivity index (χ4v) is 1.98. The van der Waals surface area contributed by atoms with Gasteiger partial charge < -0.3 is 10.6 Å². The quantitative estimate of drug-likeness (QED) is 0.647. The number of nitro benzene ring substituents is 1. The molecule has 0 aliphatic carbocycles. The number of nitro groups is 1. The Hall–Kier alpha value is -1.04. The van der Waals surface area contributed by atoms with Crippen LogP contribution in [0.15, 0.2) is 12.1 Å². The number of nitrogens with one attached hydrogen (secondary N) is 2. The average Bonchev–Trinajstić information content (AvgIpc) is 2.13. The summed E-state index contributed by atoms with van der Waals surface area (Å²) in [5.41, 5.74) is 0.452. The summed E-state index contributed by atoms with van der Waals surface area (Å²) in [5.74, 6) is 0. The molecule has 0 atom stereocenters. The van der Waals surface area contributed by atoms with Crippen LogP contribution in [0.1, 0.15) is 0 Å². The Morgan fingerprint density at radius 1 is 1.38 bits per heavy atom. The highest BCUT2D eigenvalue weighted by atomic mass is 35.5. The fourth-order valence-electron chi connectivity index (χ4n) is 1.40. The molecular weight excluding hydrogens is 253 g/mol. The van der Waals surface area contributed by atoms with Gasteiger partial charge in [-0.2, -0.15) is 0 Å². The third-order valence-electron chi connectivity index (χ3n) is 2.37. The van der Waals surface area contributed by atoms with Gasteiger partial charge in [0.1, 0.15) is 0 Å². The molecule has 0 aromatic heterocycles. The highest BCUT2D eigenvalue weighted by molar-refractivity contribution is 6.39. The van der Waals surface area contributed by atoms with E-state index in [0.29, 0.717) is 5.69 Å². The minimum atomic E-state index is -0.521. The maximum atomic E-state index is 10.6. The number of anilines is 1. The van der Waals surface area contributed by atoms with Crippen LogP contribution in [0.25, 0.3) is 0 Å². The normalized spacial score (nSPS) is 15.6. The van der Waals surface area contributed by atoms with Crippen molar-refractivity contribution in [2.45, 2.75) is 6.04 Å². The summed E-state index contributed by atoms with van der Waals surface area (Å²) in [6, 6.07) is 2.86. The van der Waals surface area contributed by atoms with Crippen molar-refractivity contribution in [3.05, 3.63) is 32.3 Å². The van der Waals surface area contributed by atoms with Gasteiger partial charge >= 0.3 is 0 Å². The van der Waals surface area contributed by atoms with Crippen LogP contribution in [0, 0.1) is 10.1 Å². The first-order valence-corrected chi connectivity index (χ1v) is 5.44. The Morgan fingerprint density at radius 2 is 1.94 bits per heavy atom. The molecule has 1 aromatic carbocycles. The van der Waals surface area contributed by atoms with Crippen molar-refractivity contribution in [2.75, 3.05) is 18.4 Å². The molecule has 0 bridgehead atoms. The summed E-state index contributed by atoms with van der Waals surface area (Å²) < 4.78 is 0. The second kappa shape index (κ2) is 4.45. The topological polar surface area (TPSA) is 67.2 Å². The lowest BCUT2D eigenvalue weighted by Gasteiger charge is -2.29. The van der Waals surface area contributed by atoms with Crippen LogP contribution >= 0.6 is 23.2 Å². The molecule has 1 aliphatic heterocycles. The molecule has 5 nitrogen and oxygen atoms in total. The van der Waals surface area contributed by atoms with Gasteiger partial charge in [0.15, 0.2) is 0 Å². The monoisotopic (exact) mass is 261 g/mol. The van der Waals surface area contributed by atoms with Crippen molar-refractivity contribution < 1.29 is 4.92 Å². The van der Waals surface area contributed by atoms with E-state index in [4.69, 9.17) is 23.2 Å². The maximum Gasteiger partial charge on any atom is 0.272 e. The van der Waals surface area contributed by atoms with Crippen LogP contribution in [-0.4, -0.2) is 24.1 Å². The number of rotatable bonds is 3. The lowest BCUT2D eigenvalue weighted by Crippen LogP contribution is -2.51. The van der Waals surface area contributed by atoms with Gasteiger partial charge in [-0.15, -0.1) is 0 Å². The summed E-state index contributed by atoms with van der Waals surface area (Å²) in [6.07, 6.45) is 0. The minimum Gasteiger partial charge on any atom is -0.377 e. The third-order valence-corrected chi connectivity index (χ3v) is 2.96. The smallest absolute Gasteiger partial charge is 0.272 e. The molecule has 1 fully saturated rings. The lowest BCUT2D eigenvalue weighted by atomic mass is 10.1. The van der Waals surface area contributed by atoms with Gasteiger partial charge in [0, 0.05) is 25.2 Å². The Balaban J connectivity index is 2.27. The van der Waals surface area contributed by atoms with Gasteiger partial charge in [-0.1, -0.05) is 23.2 Å². The predicted molar refractivity (Wildman–Crippen MR) is 63.4 cm³/mol. The number of nitrogens with zero attached hydrogens (tertiary/aromatic N) is 1. The van der Waals surface area contributed by atoms with Gasteiger partial charge in [0.2, 0.25) is 0 Å². The summed E-state index contributed by atoms with van der Waals surface area (Å²) >= 11 is 11.9. The first kappa shape index (κ1) is 11.4. The van der Waals surface area contributed by atoms with E-state index in [1.165, 1.54) is 12.1 Å². The van der Waals surface area contributed by atoms with Gasteiger partial charge in [-0.25, -0.2) is 0 Å². The molecule has 0 saturated carbocycles. The highest BCUT2D eigenvalue weighted by Gasteiger charge is 2.20. The van der Waals surface area contributed by atoms with Crippen LogP contribution in [0.5, 0.6) is 0 Å². The molecule has 0 unspecified atom stereocenters. The zero-order valence-corrected chi connectivity index (χ0v) is 9.68. The number of halogens is 2. The average molecular weight is 262 g/mol. The number of hydrogen-bond acceptors (Lipinski definition) is 4. The van der Waals surface area contributed by atoms with Crippen molar-refractivity contribution in [3.8, 4) is 0 Å². The molecule has 86 valence electrons. The van der Waals surface area contributed by atoms with E-state index in [0.717, 1.165) is 13.1 Å². The molecule has 2 N–H and O–H groups in total. The Labute approximate surface area is 102 Å². The summed E-state index contributed by atoms with van der Waals surface area (Å²) in [4.78, 5) is 10.0. The first-order valence-electron chi connectivity index (χ1n) is 4.68. The van der Waals surface area contributed by atoms with Gasteiger partial charge in [0.05, 0.1) is 26.7 Å². The zero-order chi connectivity index (χ0) is 11.7. The molecule has 0 amide bonds. The Bertz CT molecular complexity index is 412. The van der Waals surface area contributed by atoms with Crippen molar-refractivity contribution >= 4 is 34.6 Å². The van der Waals surface area contributed by atoms with Crippen LogP contribution in [0.4, 0.5) is 11.4 Å². The molecule has 1 heterocycles. The van der Waals surface area contributed by atoms with E-state index in [-0.39, 0.29) is 21.8 Å². The summed E-state index contributed by atoms with van der Waals surface area (Å²) in [5, 5.41) is 17.3. The van der Waals surface area contributed by atoms with Crippen molar-refractivity contribution in [1.82, 2.24) is 5.32 Å². The Morgan fingerprint density at radius 3 is 2.31 bits per heavy atom. The first-order chi connectivity index (χ1) is 7.58. The molecule has 1 saturated heterocycles. The predicted octanol–water partition coefficient (Wildman–Crippen LogP) is 2.29. The largest absolute Gasteiger partial charge is 0.377 e. The van der Waals surface area contributed by atoms with Gasteiger partial charge in [-0.05, 0) is 0 Å². The maximum absolute atomic E-state index is 10.6. The van der Waals surface area contributed by atoms with Crippen molar-refractivity contribution in [2.24, 2.45) is 0 Å². The third kappa shape index (κ3) is 2.21. The van der Waals surface area contributed by atoms with E-state index in [2.05, 4.69) is 10.6 Å². The second-order valence-corrected chi connectivity index (χ2v) is 4.36. The van der Waals surface area contributed by atoms with Crippen molar-refractivity contribution in [1.29, 1.82) is 0 Å². The fraction of sp³-hybridized carbons (Fsp3) is 0.333. The van der Waals surface area contributed by atoms with E-state index in [1.54, 1.807) is 0 Å². The van der Waals surface area contributed by atoms with Gasteiger partial charge in [0.25, 0.3) is 5.69 Å². The van der Waals surface area contributed by atoms with E-state index in [9.17, 15) is 10.1 Å². The molecule has 1 aliphatic rings. The SMILES string of the molecule is O=[N+]([O-])c1cc(Cl)c(NC2CNC2)c(Cl)c1. The zero-order valence-electron chi connectivity index (χ0n) is 8.17. The molecule has 7 heteroatoms. The van der Waals surface area contributed by atoms with Crippen LogP contribution < -0.4 is 10.6 Å². The second-order valence-electron chi connectivity index (χ2n) is 3.54. The summed E-state index contributed by atoms with van der Waals surface area (Å²) in [7, 11) is 0. The van der Waals surface area contributed by atoms with E-state index < -0.39 is 4.92 Å². The molecular formula is C9H9Cl2N3O2. The van der Waals surface area contributed by atoms with Crippen LogP contribution in [0.2, 0.25) is 10.0 Å².